The summed E-state index contributed by atoms with van der Waals surface area (Å²) in [6.07, 6.45) is 2.38. The van der Waals surface area contributed by atoms with Gasteiger partial charge < -0.3 is 10.0 Å². The molecule has 0 saturated heterocycles. The molecule has 96 valence electrons. The van der Waals surface area contributed by atoms with E-state index >= 15 is 0 Å². The first-order chi connectivity index (χ1) is 8.61. The molecule has 0 aromatic carbocycles. The summed E-state index contributed by atoms with van der Waals surface area (Å²) in [7, 11) is 0. The molecule has 2 heterocycles. The van der Waals surface area contributed by atoms with E-state index in [1.165, 1.54) is 6.33 Å². The minimum absolute atomic E-state index is 0.0329. The van der Waals surface area contributed by atoms with Crippen molar-refractivity contribution >= 4 is 33.3 Å². The van der Waals surface area contributed by atoms with Gasteiger partial charge in [0.1, 0.15) is 23.5 Å². The molecule has 0 aliphatic carbocycles. The molecule has 0 amide bonds. The van der Waals surface area contributed by atoms with Crippen molar-refractivity contribution in [2.24, 2.45) is 0 Å². The van der Waals surface area contributed by atoms with Gasteiger partial charge in [0.05, 0.1) is 5.39 Å². The number of aromatic nitrogens is 2. The molecule has 2 rings (SSSR count). The molecule has 0 spiro atoms. The number of hydrogen-bond donors (Lipinski definition) is 1. The first kappa shape index (κ1) is 12.8. The number of thiophene rings is 1. The van der Waals surface area contributed by atoms with Crippen LogP contribution < -0.4 is 4.90 Å². The van der Waals surface area contributed by atoms with Gasteiger partial charge in [-0.3, -0.25) is 4.79 Å². The number of aryl methyl sites for hydroxylation is 1. The molecule has 0 bridgehead atoms. The van der Waals surface area contributed by atoms with Gasteiger partial charge >= 0.3 is 5.97 Å². The molecule has 0 unspecified atom stereocenters. The summed E-state index contributed by atoms with van der Waals surface area (Å²) >= 11 is 1.60. The monoisotopic (exact) mass is 265 g/mol. The maximum atomic E-state index is 10.9. The van der Waals surface area contributed by atoms with Gasteiger partial charge in [0.15, 0.2) is 0 Å². The fraction of sp³-hybridized carbons (Fsp3) is 0.417. The van der Waals surface area contributed by atoms with E-state index in [1.807, 2.05) is 19.9 Å². The number of fused-ring (bicyclic) bond motifs is 1. The molecule has 0 fully saturated rings. The number of carbonyl (C=O) groups is 1. The minimum atomic E-state index is -0.845. The second-order valence-corrected chi connectivity index (χ2v) is 5.32. The third-order valence-electron chi connectivity index (χ3n) is 2.55. The van der Waals surface area contributed by atoms with Crippen LogP contribution in [0.1, 0.15) is 18.2 Å². The summed E-state index contributed by atoms with van der Waals surface area (Å²) in [6, 6.07) is 2.01. The predicted octanol–water partition coefficient (Wildman–Crippen LogP) is 2.30. The molecule has 6 heteroatoms. The molecular formula is C12H15N3O2S. The summed E-state index contributed by atoms with van der Waals surface area (Å²) in [4.78, 5) is 23.2. The molecule has 18 heavy (non-hydrogen) atoms. The maximum absolute atomic E-state index is 10.9. The Hall–Kier alpha value is -1.69. The van der Waals surface area contributed by atoms with Crippen LogP contribution in [-0.4, -0.2) is 34.1 Å². The van der Waals surface area contributed by atoms with Crippen molar-refractivity contribution in [2.45, 2.75) is 20.3 Å². The van der Waals surface area contributed by atoms with Crippen LogP contribution in [0.4, 0.5) is 5.82 Å². The minimum Gasteiger partial charge on any atom is -0.480 e. The Morgan fingerprint density at radius 3 is 2.94 bits per heavy atom. The number of carboxylic acid groups (broad SMARTS) is 1. The first-order valence-electron chi connectivity index (χ1n) is 5.79. The van der Waals surface area contributed by atoms with Gasteiger partial charge in [-0.25, -0.2) is 9.97 Å². The van der Waals surface area contributed by atoms with E-state index in [4.69, 9.17) is 5.11 Å². The zero-order valence-electron chi connectivity index (χ0n) is 10.4. The van der Waals surface area contributed by atoms with Gasteiger partial charge in [0.2, 0.25) is 0 Å². The van der Waals surface area contributed by atoms with E-state index in [-0.39, 0.29) is 6.54 Å². The first-order valence-corrected chi connectivity index (χ1v) is 6.61. The summed E-state index contributed by atoms with van der Waals surface area (Å²) in [5, 5.41) is 9.91. The van der Waals surface area contributed by atoms with Gasteiger partial charge in [0.25, 0.3) is 0 Å². The van der Waals surface area contributed by atoms with Crippen molar-refractivity contribution in [1.82, 2.24) is 9.97 Å². The Morgan fingerprint density at radius 2 is 2.28 bits per heavy atom. The average Bonchev–Trinajstić information content (AvgIpc) is 2.67. The van der Waals surface area contributed by atoms with Gasteiger partial charge in [-0.2, -0.15) is 0 Å². The SMILES string of the molecule is CCCN(CC(=O)O)c1ncnc2sc(C)cc12. The quantitative estimate of drug-likeness (QED) is 0.898. The fourth-order valence-electron chi connectivity index (χ4n) is 1.91. The Morgan fingerprint density at radius 1 is 1.50 bits per heavy atom. The lowest BCUT2D eigenvalue weighted by Gasteiger charge is -2.21. The van der Waals surface area contributed by atoms with Crippen LogP contribution >= 0.6 is 11.3 Å². The van der Waals surface area contributed by atoms with Crippen molar-refractivity contribution in [2.75, 3.05) is 18.0 Å². The zero-order chi connectivity index (χ0) is 13.1. The molecule has 2 aromatic heterocycles. The highest BCUT2D eigenvalue weighted by molar-refractivity contribution is 7.18. The third kappa shape index (κ3) is 2.59. The summed E-state index contributed by atoms with van der Waals surface area (Å²) in [6.45, 7) is 4.67. The van der Waals surface area contributed by atoms with E-state index in [1.54, 1.807) is 16.2 Å². The van der Waals surface area contributed by atoms with Crippen LogP contribution in [-0.2, 0) is 4.79 Å². The fourth-order valence-corrected chi connectivity index (χ4v) is 2.75. The molecular weight excluding hydrogens is 250 g/mol. The van der Waals surface area contributed by atoms with Crippen LogP contribution in [0, 0.1) is 6.92 Å². The maximum Gasteiger partial charge on any atom is 0.323 e. The summed E-state index contributed by atoms with van der Waals surface area (Å²) in [5.74, 6) is -0.129. The van der Waals surface area contributed by atoms with Gasteiger partial charge in [-0.15, -0.1) is 11.3 Å². The second kappa shape index (κ2) is 5.30. The third-order valence-corrected chi connectivity index (χ3v) is 3.51. The van der Waals surface area contributed by atoms with E-state index in [2.05, 4.69) is 9.97 Å². The van der Waals surface area contributed by atoms with Crippen LogP contribution in [0.5, 0.6) is 0 Å². The Bertz CT molecular complexity index is 567. The molecule has 5 nitrogen and oxygen atoms in total. The standard InChI is InChI=1S/C12H15N3O2S/c1-3-4-15(6-10(16)17)11-9-5-8(2)18-12(9)14-7-13-11/h5,7H,3-4,6H2,1-2H3,(H,16,17). The summed E-state index contributed by atoms with van der Waals surface area (Å²) in [5.41, 5.74) is 0. The van der Waals surface area contributed by atoms with Gasteiger partial charge in [-0.1, -0.05) is 6.92 Å². The number of rotatable bonds is 5. The number of hydrogen-bond acceptors (Lipinski definition) is 5. The highest BCUT2D eigenvalue weighted by Crippen LogP contribution is 2.29. The number of nitrogens with zero attached hydrogens (tertiary/aromatic N) is 3. The van der Waals surface area contributed by atoms with Gasteiger partial charge in [0, 0.05) is 11.4 Å². The smallest absolute Gasteiger partial charge is 0.323 e. The zero-order valence-corrected chi connectivity index (χ0v) is 11.2. The molecule has 0 atom stereocenters. The Balaban J connectivity index is 2.45. The highest BCUT2D eigenvalue weighted by atomic mass is 32.1. The topological polar surface area (TPSA) is 66.3 Å². The highest BCUT2D eigenvalue weighted by Gasteiger charge is 2.15. The Kier molecular flexibility index (Phi) is 3.76. The second-order valence-electron chi connectivity index (χ2n) is 4.09. The number of carboxylic acids is 1. The largest absolute Gasteiger partial charge is 0.480 e. The lowest BCUT2D eigenvalue weighted by molar-refractivity contribution is -0.135. The van der Waals surface area contributed by atoms with E-state index in [9.17, 15) is 4.79 Å². The van der Waals surface area contributed by atoms with Crippen LogP contribution in [0.2, 0.25) is 0 Å². The van der Waals surface area contributed by atoms with Gasteiger partial charge in [-0.05, 0) is 19.4 Å². The number of anilines is 1. The molecule has 1 N–H and O–H groups in total. The van der Waals surface area contributed by atoms with Crippen LogP contribution in [0.3, 0.4) is 0 Å². The lowest BCUT2D eigenvalue weighted by atomic mass is 10.3. The molecule has 0 aliphatic heterocycles. The van der Waals surface area contributed by atoms with E-state index in [0.29, 0.717) is 12.4 Å². The molecule has 0 saturated carbocycles. The van der Waals surface area contributed by atoms with Crippen molar-refractivity contribution in [1.29, 1.82) is 0 Å². The predicted molar refractivity (Wildman–Crippen MR) is 72.3 cm³/mol. The van der Waals surface area contributed by atoms with Crippen LogP contribution in [0.25, 0.3) is 10.2 Å². The van der Waals surface area contributed by atoms with Crippen molar-refractivity contribution in [3.8, 4) is 0 Å². The summed E-state index contributed by atoms with van der Waals surface area (Å²) < 4.78 is 0. The number of aliphatic carboxylic acids is 1. The van der Waals surface area contributed by atoms with E-state index in [0.717, 1.165) is 21.5 Å². The van der Waals surface area contributed by atoms with Crippen molar-refractivity contribution in [3.63, 3.8) is 0 Å². The van der Waals surface area contributed by atoms with Crippen LogP contribution in [0.15, 0.2) is 12.4 Å². The van der Waals surface area contributed by atoms with Crippen molar-refractivity contribution < 1.29 is 9.90 Å². The van der Waals surface area contributed by atoms with Crippen molar-refractivity contribution in [3.05, 3.63) is 17.3 Å². The lowest BCUT2D eigenvalue weighted by Crippen LogP contribution is -2.31. The molecule has 0 radical (unpaired) electrons. The van der Waals surface area contributed by atoms with E-state index < -0.39 is 5.97 Å². The molecule has 2 aromatic rings. The average molecular weight is 265 g/mol. The Labute approximate surface area is 109 Å². The normalized spacial score (nSPS) is 10.8. The molecule has 0 aliphatic rings.